The third kappa shape index (κ3) is 2.15. The summed E-state index contributed by atoms with van der Waals surface area (Å²) < 4.78 is 0. The molecule has 1 fully saturated rings. The first-order valence-electron chi connectivity index (χ1n) is 6.77. The minimum atomic E-state index is 0.00438. The molecule has 3 rings (SSSR count). The van der Waals surface area contributed by atoms with E-state index >= 15 is 0 Å². The highest BCUT2D eigenvalue weighted by atomic mass is 32.1. The number of nitrogens with zero attached hydrogens (tertiary/aromatic N) is 1. The molecule has 1 unspecified atom stereocenters. The number of hydrogen-bond acceptors (Lipinski definition) is 4. The van der Waals surface area contributed by atoms with Crippen LogP contribution in [0.5, 0.6) is 0 Å². The summed E-state index contributed by atoms with van der Waals surface area (Å²) >= 11 is 1.59. The van der Waals surface area contributed by atoms with Gasteiger partial charge in [-0.05, 0) is 43.8 Å². The second-order valence-electron chi connectivity index (χ2n) is 5.37. The van der Waals surface area contributed by atoms with Gasteiger partial charge in [-0.1, -0.05) is 6.92 Å². The number of hydrogen-bond donors (Lipinski definition) is 2. The summed E-state index contributed by atoms with van der Waals surface area (Å²) in [6, 6.07) is 2.26. The van der Waals surface area contributed by atoms with Gasteiger partial charge in [-0.2, -0.15) is 5.26 Å². The van der Waals surface area contributed by atoms with Crippen molar-refractivity contribution in [2.45, 2.75) is 26.2 Å². The molecule has 5 heteroatoms. The number of carbonyl (C=O) groups excluding carboxylic acids is 1. The van der Waals surface area contributed by atoms with Crippen LogP contribution in [0.4, 0.5) is 5.00 Å². The summed E-state index contributed by atoms with van der Waals surface area (Å²) in [7, 11) is 0. The molecule has 1 atom stereocenters. The number of carbonyl (C=O) groups is 1. The van der Waals surface area contributed by atoms with Gasteiger partial charge in [-0.25, -0.2) is 0 Å². The van der Waals surface area contributed by atoms with Crippen molar-refractivity contribution >= 4 is 22.2 Å². The zero-order valence-electron chi connectivity index (χ0n) is 11.0. The van der Waals surface area contributed by atoms with Crippen LogP contribution in [0.25, 0.3) is 0 Å². The van der Waals surface area contributed by atoms with Crippen LogP contribution in [0.15, 0.2) is 0 Å². The maximum atomic E-state index is 12.2. The predicted molar refractivity (Wildman–Crippen MR) is 75.2 cm³/mol. The van der Waals surface area contributed by atoms with Gasteiger partial charge in [0.25, 0.3) is 0 Å². The summed E-state index contributed by atoms with van der Waals surface area (Å²) in [6.45, 7) is 3.80. The van der Waals surface area contributed by atoms with Gasteiger partial charge < -0.3 is 10.6 Å². The Morgan fingerprint density at radius 1 is 1.53 bits per heavy atom. The molecule has 1 aromatic heterocycles. The molecular weight excluding hydrogens is 258 g/mol. The first kappa shape index (κ1) is 12.6. The summed E-state index contributed by atoms with van der Waals surface area (Å²) in [5.74, 6) is 0.477. The van der Waals surface area contributed by atoms with E-state index in [2.05, 4.69) is 16.7 Å². The molecule has 4 nitrogen and oxygen atoms in total. The van der Waals surface area contributed by atoms with Crippen LogP contribution in [0.3, 0.4) is 0 Å². The van der Waals surface area contributed by atoms with E-state index in [0.29, 0.717) is 11.5 Å². The van der Waals surface area contributed by atoms with E-state index in [0.717, 1.165) is 37.4 Å². The molecule has 0 spiro atoms. The average Bonchev–Trinajstić information content (AvgIpc) is 2.86. The van der Waals surface area contributed by atoms with Crippen LogP contribution in [-0.2, 0) is 17.6 Å². The molecule has 0 aromatic carbocycles. The first-order chi connectivity index (χ1) is 9.20. The normalized spacial score (nSPS) is 19.4. The lowest BCUT2D eigenvalue weighted by atomic mass is 9.88. The van der Waals surface area contributed by atoms with Crippen molar-refractivity contribution in [1.29, 1.82) is 5.26 Å². The van der Waals surface area contributed by atoms with Crippen molar-refractivity contribution in [2.75, 3.05) is 18.4 Å². The first-order valence-corrected chi connectivity index (χ1v) is 7.58. The van der Waals surface area contributed by atoms with Gasteiger partial charge in [0.15, 0.2) is 0 Å². The Labute approximate surface area is 116 Å². The molecule has 2 N–H and O–H groups in total. The van der Waals surface area contributed by atoms with Crippen molar-refractivity contribution in [3.8, 4) is 6.07 Å². The Morgan fingerprint density at radius 2 is 2.32 bits per heavy atom. The fourth-order valence-electron chi connectivity index (χ4n) is 2.71. The van der Waals surface area contributed by atoms with Crippen LogP contribution >= 0.6 is 11.3 Å². The van der Waals surface area contributed by atoms with Gasteiger partial charge in [0, 0.05) is 10.8 Å². The molecule has 1 aliphatic carbocycles. The second kappa shape index (κ2) is 4.95. The van der Waals surface area contributed by atoms with Gasteiger partial charge in [-0.3, -0.25) is 4.79 Å². The largest absolute Gasteiger partial charge is 0.316 e. The van der Waals surface area contributed by atoms with E-state index in [1.54, 1.807) is 11.3 Å². The minimum Gasteiger partial charge on any atom is -0.316 e. The molecule has 19 heavy (non-hydrogen) atoms. The monoisotopic (exact) mass is 275 g/mol. The lowest BCUT2D eigenvalue weighted by Crippen LogP contribution is -2.48. The maximum absolute atomic E-state index is 12.2. The van der Waals surface area contributed by atoms with Crippen LogP contribution in [0.2, 0.25) is 0 Å². The van der Waals surface area contributed by atoms with Crippen LogP contribution in [0.1, 0.15) is 29.3 Å². The highest BCUT2D eigenvalue weighted by molar-refractivity contribution is 7.16. The number of thiophene rings is 1. The van der Waals surface area contributed by atoms with E-state index in [4.69, 9.17) is 0 Å². The number of nitrogens with one attached hydrogen (secondary N) is 2. The van der Waals surface area contributed by atoms with Crippen LogP contribution in [0, 0.1) is 23.2 Å². The highest BCUT2D eigenvalue weighted by Gasteiger charge is 2.30. The number of aryl methyl sites for hydroxylation is 1. The molecule has 0 radical (unpaired) electrons. The van der Waals surface area contributed by atoms with Crippen molar-refractivity contribution < 1.29 is 4.79 Å². The predicted octanol–water partition coefficient (Wildman–Crippen LogP) is 1.90. The molecule has 100 valence electrons. The third-order valence-corrected chi connectivity index (χ3v) is 5.41. The zero-order valence-corrected chi connectivity index (χ0v) is 11.8. The number of rotatable bonds is 3. The second-order valence-corrected chi connectivity index (χ2v) is 6.47. The van der Waals surface area contributed by atoms with E-state index in [1.807, 2.05) is 6.92 Å². The van der Waals surface area contributed by atoms with Gasteiger partial charge in [0.2, 0.25) is 5.91 Å². The Hall–Kier alpha value is -1.38. The molecule has 2 heterocycles. The number of amides is 1. The van der Waals surface area contributed by atoms with Gasteiger partial charge in [0.05, 0.1) is 5.56 Å². The highest BCUT2D eigenvalue weighted by Crippen LogP contribution is 2.38. The third-order valence-electron chi connectivity index (χ3n) is 4.20. The quantitative estimate of drug-likeness (QED) is 0.885. The van der Waals surface area contributed by atoms with Crippen molar-refractivity contribution in [1.82, 2.24) is 5.32 Å². The number of fused-ring (bicyclic) bond motifs is 1. The number of anilines is 1. The summed E-state index contributed by atoms with van der Waals surface area (Å²) in [5, 5.41) is 16.2. The average molecular weight is 275 g/mol. The summed E-state index contributed by atoms with van der Waals surface area (Å²) in [6.07, 6.45) is 3.16. The fourth-order valence-corrected chi connectivity index (χ4v) is 3.96. The van der Waals surface area contributed by atoms with Crippen molar-refractivity contribution in [2.24, 2.45) is 11.8 Å². The zero-order chi connectivity index (χ0) is 13.4. The Bertz CT molecular complexity index is 554. The Morgan fingerprint density at radius 3 is 2.95 bits per heavy atom. The topological polar surface area (TPSA) is 64.9 Å². The summed E-state index contributed by atoms with van der Waals surface area (Å²) in [4.78, 5) is 13.5. The van der Waals surface area contributed by atoms with E-state index < -0.39 is 0 Å². The SMILES string of the molecule is CC(C(=O)Nc1sc2c(c1C#N)CCC2)C1CNC1. The van der Waals surface area contributed by atoms with Crippen molar-refractivity contribution in [3.05, 3.63) is 16.0 Å². The van der Waals surface area contributed by atoms with Crippen molar-refractivity contribution in [3.63, 3.8) is 0 Å². The molecule has 2 aliphatic rings. The molecule has 1 amide bonds. The van der Waals surface area contributed by atoms with E-state index in [-0.39, 0.29) is 11.8 Å². The minimum absolute atomic E-state index is 0.00438. The maximum Gasteiger partial charge on any atom is 0.228 e. The number of nitriles is 1. The standard InChI is InChI=1S/C14H17N3OS/c1-8(9-6-16-7-9)13(18)17-14-11(5-15)10-3-2-4-12(10)19-14/h8-9,16H,2-4,6-7H2,1H3,(H,17,18). The van der Waals surface area contributed by atoms with Crippen LogP contribution < -0.4 is 10.6 Å². The van der Waals surface area contributed by atoms with E-state index in [9.17, 15) is 10.1 Å². The molecule has 1 saturated heterocycles. The Balaban J connectivity index is 1.76. The van der Waals surface area contributed by atoms with Crippen LogP contribution in [-0.4, -0.2) is 19.0 Å². The lowest BCUT2D eigenvalue weighted by Gasteiger charge is -2.31. The molecule has 0 saturated carbocycles. The fraction of sp³-hybridized carbons (Fsp3) is 0.571. The Kier molecular flexibility index (Phi) is 3.29. The van der Waals surface area contributed by atoms with Gasteiger partial charge in [-0.15, -0.1) is 11.3 Å². The lowest BCUT2D eigenvalue weighted by molar-refractivity contribution is -0.121. The van der Waals surface area contributed by atoms with Gasteiger partial charge >= 0.3 is 0 Å². The molecule has 0 bridgehead atoms. The summed E-state index contributed by atoms with van der Waals surface area (Å²) in [5.41, 5.74) is 1.87. The van der Waals surface area contributed by atoms with Gasteiger partial charge in [0.1, 0.15) is 11.1 Å². The van der Waals surface area contributed by atoms with E-state index in [1.165, 1.54) is 10.4 Å². The smallest absolute Gasteiger partial charge is 0.228 e. The molecular formula is C14H17N3OS. The molecule has 1 aliphatic heterocycles. The molecule has 1 aromatic rings.